The molecule has 0 unspecified atom stereocenters. The second kappa shape index (κ2) is 9.52. The molecule has 1 aliphatic rings. The van der Waals surface area contributed by atoms with Gasteiger partial charge in [-0.15, -0.1) is 10.2 Å². The molecule has 0 fully saturated rings. The molecule has 0 aliphatic carbocycles. The molecule has 0 spiro atoms. The number of hydrogen-bond acceptors (Lipinski definition) is 7. The van der Waals surface area contributed by atoms with Crippen molar-refractivity contribution in [1.29, 1.82) is 0 Å². The van der Waals surface area contributed by atoms with E-state index in [2.05, 4.69) is 15.2 Å². The minimum absolute atomic E-state index is 0.0174. The number of nitrogen functional groups attached to an aromatic ring is 1. The van der Waals surface area contributed by atoms with Gasteiger partial charge in [0.2, 0.25) is 5.60 Å². The number of anilines is 1. The highest BCUT2D eigenvalue weighted by atomic mass is 19.4. The van der Waals surface area contributed by atoms with E-state index in [1.54, 1.807) is 0 Å². The number of nitrogens with zero attached hydrogens (tertiary/aromatic N) is 4. The summed E-state index contributed by atoms with van der Waals surface area (Å²) in [5.74, 6) is -2.95. The Kier molecular flexibility index (Phi) is 7.32. The summed E-state index contributed by atoms with van der Waals surface area (Å²) in [4.78, 5) is 18.3. The van der Waals surface area contributed by atoms with E-state index in [0.29, 0.717) is 12.5 Å². The quantitative estimate of drug-likeness (QED) is 0.536. The predicted molar refractivity (Wildman–Crippen MR) is 115 cm³/mol. The number of aromatic nitrogens is 3. The van der Waals surface area contributed by atoms with Gasteiger partial charge < -0.3 is 20.2 Å². The monoisotopic (exact) mass is 523 g/mol. The van der Waals surface area contributed by atoms with Crippen molar-refractivity contribution in [3.8, 4) is 11.6 Å². The summed E-state index contributed by atoms with van der Waals surface area (Å²) in [6.45, 7) is 5.77. The van der Waals surface area contributed by atoms with Gasteiger partial charge in [-0.3, -0.25) is 4.79 Å². The molecule has 14 heteroatoms. The zero-order valence-electron chi connectivity index (χ0n) is 19.9. The van der Waals surface area contributed by atoms with Crippen LogP contribution in [0, 0.1) is 5.41 Å². The topological polar surface area (TPSA) is 118 Å². The molecule has 200 valence electrons. The second-order valence-electron chi connectivity index (χ2n) is 10.0. The highest BCUT2D eigenvalue weighted by Crippen LogP contribution is 2.43. The van der Waals surface area contributed by atoms with E-state index in [1.807, 2.05) is 20.8 Å². The molecule has 1 aliphatic heterocycles. The summed E-state index contributed by atoms with van der Waals surface area (Å²) >= 11 is 0. The van der Waals surface area contributed by atoms with Crippen molar-refractivity contribution >= 4 is 11.6 Å². The third kappa shape index (κ3) is 5.73. The zero-order valence-corrected chi connectivity index (χ0v) is 19.9. The number of alkyl halides is 6. The minimum Gasteiger partial charge on any atom is -0.416 e. The molecule has 3 heterocycles. The number of fused-ring (bicyclic) bond motifs is 5. The van der Waals surface area contributed by atoms with Crippen LogP contribution < -0.4 is 5.73 Å². The Morgan fingerprint density at radius 3 is 2.33 bits per heavy atom. The third-order valence-corrected chi connectivity index (χ3v) is 5.90. The van der Waals surface area contributed by atoms with Crippen molar-refractivity contribution in [1.82, 2.24) is 20.1 Å². The minimum atomic E-state index is -5.17. The first kappa shape index (κ1) is 27.7. The number of pyridine rings is 1. The van der Waals surface area contributed by atoms with Gasteiger partial charge in [-0.25, -0.2) is 4.98 Å². The van der Waals surface area contributed by atoms with E-state index in [1.165, 1.54) is 4.90 Å². The lowest BCUT2D eigenvalue weighted by atomic mass is 9.92. The summed E-state index contributed by atoms with van der Waals surface area (Å²) < 4.78 is 87.9. The van der Waals surface area contributed by atoms with Gasteiger partial charge in [-0.1, -0.05) is 27.2 Å². The maximum atomic E-state index is 13.8. The van der Waals surface area contributed by atoms with Crippen LogP contribution >= 0.6 is 0 Å². The zero-order chi connectivity index (χ0) is 27.1. The van der Waals surface area contributed by atoms with Gasteiger partial charge in [0, 0.05) is 13.1 Å². The lowest BCUT2D eigenvalue weighted by Crippen LogP contribution is -2.42. The summed E-state index contributed by atoms with van der Waals surface area (Å²) in [5, 5.41) is 17.2. The second-order valence-corrected chi connectivity index (χ2v) is 10.0. The van der Waals surface area contributed by atoms with Gasteiger partial charge in [-0.05, 0) is 37.2 Å². The van der Waals surface area contributed by atoms with Crippen LogP contribution in [-0.4, -0.2) is 50.4 Å². The van der Waals surface area contributed by atoms with E-state index >= 15 is 0 Å². The number of rotatable bonds is 2. The van der Waals surface area contributed by atoms with Crippen LogP contribution in [0.25, 0.3) is 11.6 Å². The number of amides is 1. The summed E-state index contributed by atoms with van der Waals surface area (Å²) in [7, 11) is 0. The molecule has 4 bridgehead atoms. The molecule has 3 rings (SSSR count). The van der Waals surface area contributed by atoms with Gasteiger partial charge in [0.1, 0.15) is 5.69 Å². The van der Waals surface area contributed by atoms with E-state index in [0.717, 1.165) is 0 Å². The van der Waals surface area contributed by atoms with E-state index in [4.69, 9.17) is 10.2 Å². The lowest BCUT2D eigenvalue weighted by molar-refractivity contribution is -0.277. The molecule has 8 nitrogen and oxygen atoms in total. The maximum Gasteiger partial charge on any atom is 0.426 e. The van der Waals surface area contributed by atoms with E-state index in [9.17, 15) is 36.2 Å². The fourth-order valence-electron chi connectivity index (χ4n) is 3.73. The van der Waals surface area contributed by atoms with Gasteiger partial charge in [0.15, 0.2) is 5.69 Å². The first-order valence-electron chi connectivity index (χ1n) is 11.2. The van der Waals surface area contributed by atoms with Gasteiger partial charge in [0.25, 0.3) is 17.7 Å². The molecule has 0 saturated carbocycles. The molecule has 1 amide bonds. The average Bonchev–Trinajstić information content (AvgIpc) is 3.22. The van der Waals surface area contributed by atoms with Crippen LogP contribution in [0.1, 0.15) is 74.8 Å². The van der Waals surface area contributed by atoms with Gasteiger partial charge in [0.05, 0.1) is 11.3 Å². The molecule has 0 aromatic carbocycles. The van der Waals surface area contributed by atoms with Crippen LogP contribution in [0.4, 0.5) is 32.0 Å². The fraction of sp³-hybridized carbons (Fsp3) is 0.636. The van der Waals surface area contributed by atoms with Crippen molar-refractivity contribution in [3.63, 3.8) is 0 Å². The largest absolute Gasteiger partial charge is 0.426 e. The van der Waals surface area contributed by atoms with Crippen LogP contribution in [0.3, 0.4) is 0 Å². The third-order valence-electron chi connectivity index (χ3n) is 5.90. The molecular weight excluding hydrogens is 496 g/mol. The Hall–Kier alpha value is -2.90. The van der Waals surface area contributed by atoms with Crippen LogP contribution in [-0.2, 0) is 11.8 Å². The Morgan fingerprint density at radius 2 is 1.75 bits per heavy atom. The SMILES string of the molecule is CC(C)(C)CCN1CCCCC[C@](O)(C(F)(F)F)c2nnc(o2)-c2nc(c(C(F)(F)F)cc2N)C1=O. The van der Waals surface area contributed by atoms with Crippen LogP contribution in [0.15, 0.2) is 10.5 Å². The number of hydrogen-bond donors (Lipinski definition) is 2. The van der Waals surface area contributed by atoms with E-state index < -0.39 is 64.7 Å². The highest BCUT2D eigenvalue weighted by Gasteiger charge is 2.58. The Balaban J connectivity index is 2.20. The number of halogens is 6. The number of carbonyl (C=O) groups is 1. The maximum absolute atomic E-state index is 13.8. The van der Waals surface area contributed by atoms with Crippen molar-refractivity contribution in [2.45, 2.75) is 70.8 Å². The molecule has 2 aromatic heterocycles. The summed E-state index contributed by atoms with van der Waals surface area (Å²) in [5.41, 5.74) is -1.63. The Morgan fingerprint density at radius 1 is 1.08 bits per heavy atom. The first-order valence-corrected chi connectivity index (χ1v) is 11.2. The smallest absolute Gasteiger partial charge is 0.416 e. The Labute approximate surface area is 202 Å². The molecular formula is C22H27F6N5O3. The predicted octanol–water partition coefficient (Wildman–Crippen LogP) is 4.93. The highest BCUT2D eigenvalue weighted by molar-refractivity contribution is 5.95. The van der Waals surface area contributed by atoms with Crippen LogP contribution in [0.2, 0.25) is 0 Å². The lowest BCUT2D eigenvalue weighted by Gasteiger charge is -2.29. The normalized spacial score (nSPS) is 20.4. The number of nitrogens with two attached hydrogens (primary N) is 1. The molecule has 36 heavy (non-hydrogen) atoms. The molecule has 1 atom stereocenters. The van der Waals surface area contributed by atoms with Crippen molar-refractivity contribution < 1.29 is 40.7 Å². The summed E-state index contributed by atoms with van der Waals surface area (Å²) in [6.07, 6.45) is -10.3. The fourth-order valence-corrected chi connectivity index (χ4v) is 3.73. The van der Waals surface area contributed by atoms with Gasteiger partial charge >= 0.3 is 12.4 Å². The first-order chi connectivity index (χ1) is 16.4. The number of aliphatic hydroxyl groups is 1. The summed E-state index contributed by atoms with van der Waals surface area (Å²) in [6, 6.07) is 0.462. The molecule has 3 N–H and O–H groups in total. The van der Waals surface area contributed by atoms with Gasteiger partial charge in [-0.2, -0.15) is 26.3 Å². The number of carbonyl (C=O) groups excluding carboxylic acids is 1. The molecule has 2 aromatic rings. The van der Waals surface area contributed by atoms with Crippen molar-refractivity contribution in [2.75, 3.05) is 18.8 Å². The Bertz CT molecular complexity index is 1110. The molecule has 0 saturated heterocycles. The van der Waals surface area contributed by atoms with Crippen molar-refractivity contribution in [3.05, 3.63) is 23.2 Å². The average molecular weight is 523 g/mol. The standard InChI is InChI=1S/C22H27F6N5O3/c1-19(2,3)8-10-33-9-6-4-5-7-20(35,22(26,27)28)18-32-31-16(36-18)15-13(29)11-12(21(23,24)25)14(30-15)17(33)34/h11,35H,4-10,29H2,1-3H3/t20-/m1/s1. The van der Waals surface area contributed by atoms with E-state index in [-0.39, 0.29) is 37.8 Å². The van der Waals surface area contributed by atoms with Crippen molar-refractivity contribution in [2.24, 2.45) is 5.41 Å². The molecule has 0 radical (unpaired) electrons. The van der Waals surface area contributed by atoms with Crippen LogP contribution in [0.5, 0.6) is 0 Å².